The lowest BCUT2D eigenvalue weighted by Crippen LogP contribution is -2.12. The second kappa shape index (κ2) is 9.76. The van der Waals surface area contributed by atoms with Crippen molar-refractivity contribution in [1.29, 1.82) is 0 Å². The molecule has 0 fully saturated rings. The van der Waals surface area contributed by atoms with Crippen molar-refractivity contribution in [2.24, 2.45) is 0 Å². The lowest BCUT2D eigenvalue weighted by molar-refractivity contribution is -0.116. The van der Waals surface area contributed by atoms with E-state index in [4.69, 9.17) is 21.1 Å². The van der Waals surface area contributed by atoms with Gasteiger partial charge >= 0.3 is 0 Å². The first-order valence-electron chi connectivity index (χ1n) is 9.25. The lowest BCUT2D eigenvalue weighted by Gasteiger charge is -2.09. The van der Waals surface area contributed by atoms with Crippen LogP contribution in [0, 0.1) is 13.8 Å². The molecular weight excluding hydrogens is 408 g/mol. The largest absolute Gasteiger partial charge is 0.497 e. The van der Waals surface area contributed by atoms with Gasteiger partial charge in [-0.15, -0.1) is 11.3 Å². The van der Waals surface area contributed by atoms with Crippen molar-refractivity contribution >= 4 is 34.0 Å². The van der Waals surface area contributed by atoms with Crippen LogP contribution in [0.5, 0.6) is 11.5 Å². The maximum atomic E-state index is 12.2. The van der Waals surface area contributed by atoms with Crippen LogP contribution in [0.15, 0.2) is 41.8 Å². The van der Waals surface area contributed by atoms with Gasteiger partial charge < -0.3 is 14.8 Å². The summed E-state index contributed by atoms with van der Waals surface area (Å²) in [5, 5.41) is 6.12. The van der Waals surface area contributed by atoms with Crippen molar-refractivity contribution in [2.75, 3.05) is 19.0 Å². The quantitative estimate of drug-likeness (QED) is 0.453. The van der Waals surface area contributed by atoms with Crippen molar-refractivity contribution < 1.29 is 14.3 Å². The zero-order valence-corrected chi connectivity index (χ0v) is 18.2. The molecule has 1 amide bonds. The predicted octanol–water partition coefficient (Wildman–Crippen LogP) is 5.89. The van der Waals surface area contributed by atoms with Gasteiger partial charge in [-0.1, -0.05) is 11.6 Å². The molecule has 3 aromatic rings. The van der Waals surface area contributed by atoms with Gasteiger partial charge in [-0.3, -0.25) is 4.79 Å². The van der Waals surface area contributed by atoms with E-state index in [-0.39, 0.29) is 5.91 Å². The number of hydrogen-bond donors (Lipinski definition) is 1. The normalized spacial score (nSPS) is 10.6. The van der Waals surface area contributed by atoms with Crippen LogP contribution in [0.2, 0.25) is 5.02 Å². The Kier molecular flexibility index (Phi) is 7.12. The predicted molar refractivity (Wildman–Crippen MR) is 118 cm³/mol. The lowest BCUT2D eigenvalue weighted by atomic mass is 10.1. The average Bonchev–Trinajstić information content (AvgIpc) is 3.17. The van der Waals surface area contributed by atoms with E-state index in [0.29, 0.717) is 24.6 Å². The molecule has 0 spiro atoms. The van der Waals surface area contributed by atoms with Crippen LogP contribution in [0.25, 0.3) is 11.3 Å². The Balaban J connectivity index is 1.45. The van der Waals surface area contributed by atoms with Gasteiger partial charge in [0.2, 0.25) is 5.91 Å². The van der Waals surface area contributed by atoms with Crippen molar-refractivity contribution in [1.82, 2.24) is 4.98 Å². The SMILES string of the molecule is COc1ccc(-c2csc(NC(=O)CCCOc3cc(C)c(Cl)c(C)c3)n2)cc1. The van der Waals surface area contributed by atoms with Crippen LogP contribution in [0.4, 0.5) is 5.13 Å². The molecule has 3 rings (SSSR count). The summed E-state index contributed by atoms with van der Waals surface area (Å²) in [4.78, 5) is 16.7. The molecule has 1 N–H and O–H groups in total. The molecule has 0 saturated carbocycles. The highest BCUT2D eigenvalue weighted by atomic mass is 35.5. The van der Waals surface area contributed by atoms with E-state index in [1.165, 1.54) is 11.3 Å². The number of amides is 1. The number of thiazole rings is 1. The number of carbonyl (C=O) groups excluding carboxylic acids is 1. The van der Waals surface area contributed by atoms with Gasteiger partial charge in [0.25, 0.3) is 0 Å². The maximum absolute atomic E-state index is 12.2. The fraction of sp³-hybridized carbons (Fsp3) is 0.273. The summed E-state index contributed by atoms with van der Waals surface area (Å²) in [6, 6.07) is 11.5. The number of rotatable bonds is 8. The van der Waals surface area contributed by atoms with E-state index in [9.17, 15) is 4.79 Å². The number of aryl methyl sites for hydroxylation is 2. The first-order chi connectivity index (χ1) is 14.0. The fourth-order valence-electron chi connectivity index (χ4n) is 2.82. The number of benzene rings is 2. The molecule has 0 atom stereocenters. The number of ether oxygens (including phenoxy) is 2. The Morgan fingerprint density at radius 3 is 2.48 bits per heavy atom. The number of halogens is 1. The highest BCUT2D eigenvalue weighted by Crippen LogP contribution is 2.27. The third kappa shape index (κ3) is 5.71. The third-order valence-electron chi connectivity index (χ3n) is 4.36. The van der Waals surface area contributed by atoms with Gasteiger partial charge in [0.05, 0.1) is 19.4 Å². The number of carbonyl (C=O) groups is 1. The summed E-state index contributed by atoms with van der Waals surface area (Å²) in [6.07, 6.45) is 0.978. The molecule has 5 nitrogen and oxygen atoms in total. The molecule has 0 radical (unpaired) electrons. The summed E-state index contributed by atoms with van der Waals surface area (Å²) in [5.74, 6) is 1.49. The number of methoxy groups -OCH3 is 1. The number of nitrogens with one attached hydrogen (secondary N) is 1. The van der Waals surface area contributed by atoms with Crippen LogP contribution in [-0.4, -0.2) is 24.6 Å². The first-order valence-corrected chi connectivity index (χ1v) is 10.5. The molecule has 0 saturated heterocycles. The zero-order valence-electron chi connectivity index (χ0n) is 16.6. The standard InChI is InChI=1S/C22H23ClN2O3S/c1-14-11-18(12-15(2)21(14)23)28-10-4-5-20(26)25-22-24-19(13-29-22)16-6-8-17(27-3)9-7-16/h6-9,11-13H,4-5,10H2,1-3H3,(H,24,25,26). The molecule has 0 unspecified atom stereocenters. The molecular formula is C22H23ClN2O3S. The van der Waals surface area contributed by atoms with Crippen LogP contribution in [0.1, 0.15) is 24.0 Å². The summed E-state index contributed by atoms with van der Waals surface area (Å²) >= 11 is 7.57. The molecule has 1 aromatic heterocycles. The van der Waals surface area contributed by atoms with E-state index < -0.39 is 0 Å². The van der Waals surface area contributed by atoms with Gasteiger partial charge in [-0.2, -0.15) is 0 Å². The monoisotopic (exact) mass is 430 g/mol. The number of hydrogen-bond acceptors (Lipinski definition) is 5. The zero-order chi connectivity index (χ0) is 20.8. The number of nitrogens with zero attached hydrogens (tertiary/aromatic N) is 1. The number of aromatic nitrogens is 1. The Morgan fingerprint density at radius 1 is 1.14 bits per heavy atom. The smallest absolute Gasteiger partial charge is 0.226 e. The molecule has 1 heterocycles. The Bertz CT molecular complexity index is 963. The fourth-order valence-corrected chi connectivity index (χ4v) is 3.66. The van der Waals surface area contributed by atoms with Gasteiger partial charge in [-0.05, 0) is 67.8 Å². The Morgan fingerprint density at radius 2 is 1.83 bits per heavy atom. The molecule has 152 valence electrons. The highest BCUT2D eigenvalue weighted by Gasteiger charge is 2.09. The second-order valence-electron chi connectivity index (χ2n) is 6.64. The van der Waals surface area contributed by atoms with Gasteiger partial charge in [0.1, 0.15) is 11.5 Å². The molecule has 2 aromatic carbocycles. The van der Waals surface area contributed by atoms with E-state index >= 15 is 0 Å². The van der Waals surface area contributed by atoms with Gasteiger partial charge in [-0.25, -0.2) is 4.98 Å². The van der Waals surface area contributed by atoms with E-state index in [1.54, 1.807) is 7.11 Å². The van der Waals surface area contributed by atoms with E-state index in [2.05, 4.69) is 10.3 Å². The van der Waals surface area contributed by atoms with Crippen molar-refractivity contribution in [3.63, 3.8) is 0 Å². The third-order valence-corrected chi connectivity index (χ3v) is 5.72. The van der Waals surface area contributed by atoms with Crippen molar-refractivity contribution in [3.8, 4) is 22.8 Å². The summed E-state index contributed by atoms with van der Waals surface area (Å²) in [7, 11) is 1.63. The van der Waals surface area contributed by atoms with Gasteiger partial charge in [0.15, 0.2) is 5.13 Å². The topological polar surface area (TPSA) is 60.5 Å². The highest BCUT2D eigenvalue weighted by molar-refractivity contribution is 7.14. The van der Waals surface area contributed by atoms with Crippen LogP contribution in [0.3, 0.4) is 0 Å². The van der Waals surface area contributed by atoms with E-state index in [1.807, 2.05) is 55.6 Å². The molecule has 0 aliphatic heterocycles. The minimum absolute atomic E-state index is 0.0762. The Labute approximate surface area is 179 Å². The Hall–Kier alpha value is -2.57. The molecule has 0 bridgehead atoms. The molecule has 7 heteroatoms. The number of anilines is 1. The minimum atomic E-state index is -0.0762. The summed E-state index contributed by atoms with van der Waals surface area (Å²) in [5.41, 5.74) is 3.76. The van der Waals surface area contributed by atoms with Crippen LogP contribution >= 0.6 is 22.9 Å². The van der Waals surface area contributed by atoms with Crippen molar-refractivity contribution in [2.45, 2.75) is 26.7 Å². The van der Waals surface area contributed by atoms with E-state index in [0.717, 1.165) is 38.9 Å². The summed E-state index contributed by atoms with van der Waals surface area (Å²) < 4.78 is 10.9. The van der Waals surface area contributed by atoms with Crippen LogP contribution < -0.4 is 14.8 Å². The first kappa shape index (κ1) is 21.1. The summed E-state index contributed by atoms with van der Waals surface area (Å²) in [6.45, 7) is 4.36. The van der Waals surface area contributed by atoms with Crippen molar-refractivity contribution in [3.05, 3.63) is 57.9 Å². The molecule has 29 heavy (non-hydrogen) atoms. The van der Waals surface area contributed by atoms with Gasteiger partial charge in [0, 0.05) is 22.4 Å². The minimum Gasteiger partial charge on any atom is -0.497 e. The molecule has 0 aliphatic carbocycles. The average molecular weight is 431 g/mol. The second-order valence-corrected chi connectivity index (χ2v) is 7.87. The maximum Gasteiger partial charge on any atom is 0.226 e. The van der Waals surface area contributed by atoms with Crippen LogP contribution in [-0.2, 0) is 4.79 Å². The molecule has 0 aliphatic rings.